The standard InChI is InChI=1S/C22HF13/c23-2-1-3(24)12(25)5-4(2)13(26)6-7(14(5)27)16(29)9-8(15(6)28)17(30)10-11(18(9)31)20(33)22(35)21(34)19(10)32/h1H. The average molecular weight is 512 g/mol. The van der Waals surface area contributed by atoms with Crippen LogP contribution in [-0.2, 0) is 0 Å². The van der Waals surface area contributed by atoms with Gasteiger partial charge in [0.1, 0.15) is 40.7 Å². The molecule has 0 bridgehead atoms. The van der Waals surface area contributed by atoms with Crippen LogP contribution < -0.4 is 0 Å². The number of fused-ring (bicyclic) bond motifs is 4. The third kappa shape index (κ3) is 2.60. The molecule has 0 aliphatic heterocycles. The van der Waals surface area contributed by atoms with Crippen LogP contribution in [0.5, 0.6) is 0 Å². The Morgan fingerprint density at radius 1 is 0.229 bits per heavy atom. The van der Waals surface area contributed by atoms with Crippen LogP contribution in [0.25, 0.3) is 43.1 Å². The normalized spacial score (nSPS) is 12.1. The largest absolute Gasteiger partial charge is 0.206 e. The zero-order valence-corrected chi connectivity index (χ0v) is 16.0. The summed E-state index contributed by atoms with van der Waals surface area (Å²) in [5.41, 5.74) is 0. The van der Waals surface area contributed by atoms with Crippen LogP contribution in [0.2, 0.25) is 0 Å². The smallest absolute Gasteiger partial charge is 0.198 e. The Bertz CT molecular complexity index is 1820. The molecule has 0 atom stereocenters. The zero-order chi connectivity index (χ0) is 25.8. The molecule has 0 N–H and O–H groups in total. The molecule has 35 heavy (non-hydrogen) atoms. The van der Waals surface area contributed by atoms with Crippen LogP contribution in [0.1, 0.15) is 0 Å². The van der Waals surface area contributed by atoms with Crippen LogP contribution in [0.3, 0.4) is 0 Å². The fraction of sp³-hybridized carbons (Fsp3) is 0. The number of rotatable bonds is 0. The molecule has 0 aliphatic rings. The van der Waals surface area contributed by atoms with E-state index < -0.39 is 119 Å². The molecule has 0 fully saturated rings. The lowest BCUT2D eigenvalue weighted by atomic mass is 9.93. The molecular weight excluding hydrogens is 511 g/mol. The topological polar surface area (TPSA) is 0 Å². The van der Waals surface area contributed by atoms with E-state index in [-0.39, 0.29) is 6.07 Å². The zero-order valence-electron chi connectivity index (χ0n) is 16.0. The second-order valence-electron chi connectivity index (χ2n) is 7.29. The Morgan fingerprint density at radius 3 is 0.829 bits per heavy atom. The van der Waals surface area contributed by atoms with Gasteiger partial charge in [-0.05, 0) is 0 Å². The molecule has 0 nitrogen and oxygen atoms in total. The molecule has 0 aromatic heterocycles. The van der Waals surface area contributed by atoms with E-state index in [2.05, 4.69) is 0 Å². The lowest BCUT2D eigenvalue weighted by Gasteiger charge is -2.16. The molecule has 0 amide bonds. The monoisotopic (exact) mass is 512 g/mol. The maximum absolute atomic E-state index is 15.3. The van der Waals surface area contributed by atoms with Crippen LogP contribution in [0.4, 0.5) is 57.1 Å². The van der Waals surface area contributed by atoms with Crippen LogP contribution in [0.15, 0.2) is 6.07 Å². The van der Waals surface area contributed by atoms with Crippen LogP contribution >= 0.6 is 0 Å². The molecule has 0 heterocycles. The van der Waals surface area contributed by atoms with Gasteiger partial charge in [-0.2, -0.15) is 0 Å². The van der Waals surface area contributed by atoms with Crippen molar-refractivity contribution < 1.29 is 57.1 Å². The molecule has 0 unspecified atom stereocenters. The van der Waals surface area contributed by atoms with Gasteiger partial charge in [-0.3, -0.25) is 0 Å². The summed E-state index contributed by atoms with van der Waals surface area (Å²) in [6, 6.07) is -0.259. The summed E-state index contributed by atoms with van der Waals surface area (Å²) in [4.78, 5) is 0. The molecule has 0 aliphatic carbocycles. The third-order valence-electron chi connectivity index (χ3n) is 5.57. The van der Waals surface area contributed by atoms with Crippen molar-refractivity contribution in [1.29, 1.82) is 0 Å². The Morgan fingerprint density at radius 2 is 0.486 bits per heavy atom. The molecular formula is C22HF13. The molecule has 0 radical (unpaired) electrons. The maximum Gasteiger partial charge on any atom is 0.198 e. The number of hydrogen-bond donors (Lipinski definition) is 0. The summed E-state index contributed by atoms with van der Waals surface area (Å²) in [7, 11) is 0. The summed E-state index contributed by atoms with van der Waals surface area (Å²) < 4.78 is 188. The second-order valence-corrected chi connectivity index (χ2v) is 7.29. The Kier molecular flexibility index (Phi) is 4.68. The van der Waals surface area contributed by atoms with Gasteiger partial charge < -0.3 is 0 Å². The summed E-state index contributed by atoms with van der Waals surface area (Å²) in [6.07, 6.45) is 0. The maximum atomic E-state index is 15.3. The van der Waals surface area contributed by atoms with Gasteiger partial charge in [0.05, 0.1) is 43.1 Å². The third-order valence-corrected chi connectivity index (χ3v) is 5.57. The predicted octanol–water partition coefficient (Wildman–Crippen LogP) is 8.11. The summed E-state index contributed by atoms with van der Waals surface area (Å²) in [5, 5.41) is -15.6. The van der Waals surface area contributed by atoms with E-state index in [0.717, 1.165) is 0 Å². The van der Waals surface area contributed by atoms with Crippen LogP contribution in [-0.4, -0.2) is 0 Å². The molecule has 0 spiro atoms. The summed E-state index contributed by atoms with van der Waals surface area (Å²) in [6.45, 7) is 0. The minimum Gasteiger partial charge on any atom is -0.206 e. The minimum atomic E-state index is -2.66. The van der Waals surface area contributed by atoms with Gasteiger partial charge in [0.2, 0.25) is 0 Å². The molecule has 0 saturated heterocycles. The predicted molar refractivity (Wildman–Crippen MR) is 95.9 cm³/mol. The van der Waals surface area contributed by atoms with Gasteiger partial charge in [0.15, 0.2) is 34.9 Å². The molecule has 0 saturated carbocycles. The van der Waals surface area contributed by atoms with Crippen molar-refractivity contribution in [1.82, 2.24) is 0 Å². The van der Waals surface area contributed by atoms with Gasteiger partial charge in [0, 0.05) is 6.07 Å². The van der Waals surface area contributed by atoms with Crippen molar-refractivity contribution in [3.05, 3.63) is 81.7 Å². The number of halogens is 13. The lowest BCUT2D eigenvalue weighted by molar-refractivity contribution is 0.415. The number of hydrogen-bond acceptors (Lipinski definition) is 0. The van der Waals surface area contributed by atoms with E-state index in [1.165, 1.54) is 0 Å². The highest BCUT2D eigenvalue weighted by Crippen LogP contribution is 2.44. The Labute approximate surface area is 182 Å². The van der Waals surface area contributed by atoms with Gasteiger partial charge >= 0.3 is 0 Å². The fourth-order valence-corrected chi connectivity index (χ4v) is 4.07. The highest BCUT2D eigenvalue weighted by molar-refractivity contribution is 6.11. The van der Waals surface area contributed by atoms with Crippen molar-refractivity contribution >= 4 is 43.1 Å². The first kappa shape index (κ1) is 23.0. The minimum absolute atomic E-state index is 0.259. The Hall–Kier alpha value is -3.77. The first-order chi connectivity index (χ1) is 16.3. The molecule has 5 aromatic rings. The van der Waals surface area contributed by atoms with Gasteiger partial charge in [-0.25, -0.2) is 57.1 Å². The van der Waals surface area contributed by atoms with Crippen molar-refractivity contribution in [2.45, 2.75) is 0 Å². The van der Waals surface area contributed by atoms with Gasteiger partial charge in [-0.1, -0.05) is 0 Å². The first-order valence-corrected chi connectivity index (χ1v) is 9.03. The van der Waals surface area contributed by atoms with Crippen molar-refractivity contribution in [3.8, 4) is 0 Å². The quantitative estimate of drug-likeness (QED) is 0.0852. The van der Waals surface area contributed by atoms with Crippen molar-refractivity contribution in [2.24, 2.45) is 0 Å². The highest BCUT2D eigenvalue weighted by Gasteiger charge is 2.34. The first-order valence-electron chi connectivity index (χ1n) is 9.03. The van der Waals surface area contributed by atoms with Gasteiger partial charge in [-0.15, -0.1) is 0 Å². The Balaban J connectivity index is 2.21. The van der Waals surface area contributed by atoms with Gasteiger partial charge in [0.25, 0.3) is 0 Å². The second kappa shape index (κ2) is 7.12. The van der Waals surface area contributed by atoms with Crippen LogP contribution in [0, 0.1) is 75.6 Å². The van der Waals surface area contributed by atoms with E-state index in [4.69, 9.17) is 0 Å². The average Bonchev–Trinajstić information content (AvgIpc) is 2.80. The van der Waals surface area contributed by atoms with E-state index in [0.29, 0.717) is 0 Å². The molecule has 180 valence electrons. The molecule has 5 rings (SSSR count). The number of benzene rings is 5. The summed E-state index contributed by atoms with van der Waals surface area (Å²) in [5.74, 6) is -31.2. The summed E-state index contributed by atoms with van der Waals surface area (Å²) >= 11 is 0. The van der Waals surface area contributed by atoms with E-state index in [1.54, 1.807) is 0 Å². The SMILES string of the molecule is Fc1cc(F)c2c(F)c3c(F)c4c(F)c5c(F)c(F)c(F)c(F)c5c(F)c4c(F)c3c(F)c2c1F. The lowest BCUT2D eigenvalue weighted by Crippen LogP contribution is -2.07. The fourth-order valence-electron chi connectivity index (χ4n) is 4.07. The van der Waals surface area contributed by atoms with Crippen molar-refractivity contribution in [2.75, 3.05) is 0 Å². The van der Waals surface area contributed by atoms with E-state index >= 15 is 26.3 Å². The highest BCUT2D eigenvalue weighted by atomic mass is 19.2. The molecule has 13 heteroatoms. The van der Waals surface area contributed by atoms with E-state index in [1.807, 2.05) is 0 Å². The van der Waals surface area contributed by atoms with Crippen molar-refractivity contribution in [3.63, 3.8) is 0 Å². The van der Waals surface area contributed by atoms with E-state index in [9.17, 15) is 30.7 Å². The molecule has 5 aromatic carbocycles.